The second-order valence-electron chi connectivity index (χ2n) is 19.6. The Morgan fingerprint density at radius 1 is 0.220 bits per heavy atom. The van der Waals surface area contributed by atoms with Gasteiger partial charge in [0.05, 0.1) is 185 Å². The van der Waals surface area contributed by atoms with Crippen LogP contribution in [-0.2, 0) is 134 Å². The molecule has 0 aliphatic carbocycles. The number of nitrogens with zero attached hydrogens (tertiary/aromatic N) is 4. The highest BCUT2D eigenvalue weighted by Gasteiger charge is 2.29. The topological polar surface area (TPSA) is 408 Å². The highest BCUT2D eigenvalue weighted by atomic mass is 35.5. The Balaban J connectivity index is -0.000000193. The molecule has 0 fully saturated rings. The van der Waals surface area contributed by atoms with Gasteiger partial charge in [-0.2, -0.15) is 14.7 Å². The molecular weight excluding hydrogens is 1920 g/mol. The van der Waals surface area contributed by atoms with Crippen LogP contribution in [-0.4, -0.2) is 371 Å². The molecule has 0 spiro atoms. The van der Waals surface area contributed by atoms with Crippen LogP contribution in [0.15, 0.2) is 78.9 Å². The fourth-order valence-corrected chi connectivity index (χ4v) is 8.11. The summed E-state index contributed by atoms with van der Waals surface area (Å²) in [4.78, 5) is 123. The van der Waals surface area contributed by atoms with Crippen molar-refractivity contribution in [2.75, 3.05) is 290 Å². The lowest BCUT2D eigenvalue weighted by Gasteiger charge is -2.35. The van der Waals surface area contributed by atoms with E-state index >= 15 is 0 Å². The van der Waals surface area contributed by atoms with E-state index in [1.54, 1.807) is 11.8 Å². The Labute approximate surface area is 837 Å². The van der Waals surface area contributed by atoms with E-state index in [0.29, 0.717) is 39.3 Å². The maximum Gasteiger partial charge on any atom is 0.438 e. The van der Waals surface area contributed by atoms with Crippen LogP contribution in [0, 0.1) is 0 Å². The molecular formula is C84H182Cl8N4O36. The van der Waals surface area contributed by atoms with E-state index in [1.165, 1.54) is 0 Å². The van der Waals surface area contributed by atoms with Gasteiger partial charge in [0.1, 0.15) is 51.5 Å². The molecule has 3 atom stereocenters. The molecule has 0 saturated carbocycles. The highest BCUT2D eigenvalue weighted by molar-refractivity contribution is 6.63. The first-order chi connectivity index (χ1) is 56.3. The Hall–Kier alpha value is -4.44. The van der Waals surface area contributed by atoms with E-state index in [2.05, 4.69) is 132 Å². The van der Waals surface area contributed by atoms with Crippen LogP contribution in [0.4, 0.5) is 38.4 Å². The third-order valence-corrected chi connectivity index (χ3v) is 13.1. The van der Waals surface area contributed by atoms with Crippen molar-refractivity contribution in [3.05, 3.63) is 78.9 Å². The maximum absolute atomic E-state index is 11.2. The van der Waals surface area contributed by atoms with Crippen molar-refractivity contribution in [3.63, 3.8) is 0 Å². The third-order valence-electron chi connectivity index (χ3n) is 12.4. The molecule has 0 aliphatic rings. The molecule has 810 valence electrons. The standard InChI is InChI=1S/C56H94Cl8N4O36.6C2H4.16CH4/c1-46(68(11-22-96-103-100-55(63)75)12-23-97-104-101-56(64)76)98-48(45-88-19-8-67(10-21-95-102-99-54(62)74)6-17-81-28-33-86-38-43-94-53(61)73)47(89-20-9-66(4-15-79-26-31-84-36-41-92-51(59)71)5-16-80-27-32-85-37-42-93-52(60)72)44-87-18-7-65(2-13-77-24-29-82-34-39-90-49(57)69)3-14-78-25-30-83-35-40-91-50(58)70;6*1-2;;;;;;;;;;;;;;;;/h46-48H,2-45H2,1H3;6*1-2H2;16*1H4. The van der Waals surface area contributed by atoms with Gasteiger partial charge >= 0.3 is 43.4 Å². The average molecular weight is 2110 g/mol. The zero-order valence-corrected chi connectivity index (χ0v) is 71.9. The molecule has 0 bridgehead atoms. The van der Waals surface area contributed by atoms with Crippen LogP contribution < -0.4 is 0 Å². The van der Waals surface area contributed by atoms with Crippen molar-refractivity contribution in [3.8, 4) is 0 Å². The predicted molar refractivity (Wildman–Crippen MR) is 534 cm³/mol. The summed E-state index contributed by atoms with van der Waals surface area (Å²) in [5, 5.41) is 13.3. The van der Waals surface area contributed by atoms with Crippen LogP contribution in [0.3, 0.4) is 0 Å². The number of carbonyl (C=O) groups is 8. The van der Waals surface area contributed by atoms with E-state index in [-0.39, 0.29) is 370 Å². The molecule has 0 radical (unpaired) electrons. The molecule has 0 heterocycles. The molecule has 0 aromatic rings. The van der Waals surface area contributed by atoms with Crippen molar-refractivity contribution in [1.29, 1.82) is 0 Å². The minimum absolute atomic E-state index is 0. The Morgan fingerprint density at radius 3 is 0.606 bits per heavy atom. The predicted octanol–water partition coefficient (Wildman–Crippen LogP) is 21.1. The van der Waals surface area contributed by atoms with Crippen LogP contribution in [0.2, 0.25) is 0 Å². The Morgan fingerprint density at radius 2 is 0.394 bits per heavy atom. The number of halogens is 8. The van der Waals surface area contributed by atoms with Gasteiger partial charge in [0, 0.05) is 165 Å². The smallest absolute Gasteiger partial charge is 0.438 e. The summed E-state index contributed by atoms with van der Waals surface area (Å²) in [6.45, 7) is 43.2. The number of hydrogen-bond acceptors (Lipinski definition) is 40. The average Bonchev–Trinajstić information content (AvgIpc) is 0.877. The van der Waals surface area contributed by atoms with E-state index in [0.717, 1.165) is 0 Å². The molecule has 0 aromatic heterocycles. The Kier molecular flexibility index (Phi) is 223. The summed E-state index contributed by atoms with van der Waals surface area (Å²) in [7, 11) is 0. The van der Waals surface area contributed by atoms with Crippen molar-refractivity contribution >= 4 is 136 Å². The van der Waals surface area contributed by atoms with Crippen LogP contribution >= 0.6 is 92.8 Å². The lowest BCUT2D eigenvalue weighted by molar-refractivity contribution is -0.481. The molecule has 40 nitrogen and oxygen atoms in total. The highest BCUT2D eigenvalue weighted by Crippen LogP contribution is 2.15. The normalized spacial score (nSPS) is 9.95. The monoisotopic (exact) mass is 2100 g/mol. The molecule has 0 amide bonds. The lowest BCUT2D eigenvalue weighted by Crippen LogP contribution is -2.48. The molecule has 0 N–H and O–H groups in total. The molecule has 132 heavy (non-hydrogen) atoms. The van der Waals surface area contributed by atoms with Gasteiger partial charge in [-0.3, -0.25) is 34.3 Å². The zero-order chi connectivity index (χ0) is 88.6. The molecule has 0 aromatic carbocycles. The van der Waals surface area contributed by atoms with Gasteiger partial charge in [-0.1, -0.05) is 119 Å². The first-order valence-corrected chi connectivity index (χ1v) is 38.0. The van der Waals surface area contributed by atoms with Crippen molar-refractivity contribution in [2.45, 2.75) is 144 Å². The van der Waals surface area contributed by atoms with Gasteiger partial charge in [0.15, 0.2) is 0 Å². The molecule has 0 saturated heterocycles. The summed E-state index contributed by atoms with van der Waals surface area (Å²) in [5.74, 6) is 0. The number of hydrogen-bond donors (Lipinski definition) is 0. The van der Waals surface area contributed by atoms with Gasteiger partial charge in [-0.15, -0.1) is 78.9 Å². The van der Waals surface area contributed by atoms with E-state index in [4.69, 9.17) is 174 Å². The third kappa shape index (κ3) is 157. The molecule has 3 unspecified atom stereocenters. The molecule has 0 aliphatic heterocycles. The molecule has 0 rings (SSSR count). The summed E-state index contributed by atoms with van der Waals surface area (Å²) in [6, 6.07) is 0. The fraction of sp³-hybridized carbons (Fsp3) is 0.762. The zero-order valence-electron chi connectivity index (χ0n) is 65.8. The van der Waals surface area contributed by atoms with Gasteiger partial charge in [-0.05, 0) is 22.0 Å². The fourth-order valence-electron chi connectivity index (χ4n) is 7.65. The summed E-state index contributed by atoms with van der Waals surface area (Å²) in [5.41, 5.74) is -8.68. The second kappa shape index (κ2) is 157. The number of ether oxygens (including phenoxy) is 19. The SMILES string of the molecule is C.C.C.C.C.C.C.C.C.C.C.C.C.C.C.C.C=C.C=C.C=C.C=C.C=C.C=C.CC(OC(COCCN(CCOCCOCCOC(=O)Cl)CCOOOC(=O)Cl)C(COCCN(CCOCCOCCOC(=O)Cl)CCOCCOCCOC(=O)Cl)OCCN(CCOCCOCCOC(=O)Cl)CCOCCOCCOC(=O)Cl)N(CCOOOC(=O)Cl)CCOOOC(=O)Cl. The summed E-state index contributed by atoms with van der Waals surface area (Å²) >= 11 is 41.8. The minimum Gasteiger partial charge on any atom is -0.451 e. The Bertz CT molecular complexity index is 2160. The quantitative estimate of drug-likeness (QED) is 0.0104. The van der Waals surface area contributed by atoms with E-state index in [1.807, 2.05) is 14.7 Å². The number of carbonyl (C=O) groups excluding carboxylic acids is 8. The maximum atomic E-state index is 11.2. The molecule has 48 heteroatoms. The van der Waals surface area contributed by atoms with Crippen LogP contribution in [0.25, 0.3) is 0 Å². The summed E-state index contributed by atoms with van der Waals surface area (Å²) in [6.07, 6.45) is -2.87. The van der Waals surface area contributed by atoms with Gasteiger partial charge in [-0.25, -0.2) is 38.4 Å². The van der Waals surface area contributed by atoms with Crippen molar-refractivity contribution in [2.24, 2.45) is 0 Å². The van der Waals surface area contributed by atoms with Gasteiger partial charge < -0.3 is 90.0 Å². The lowest BCUT2D eigenvalue weighted by atomic mass is 10.2. The van der Waals surface area contributed by atoms with Crippen LogP contribution in [0.5, 0.6) is 0 Å². The van der Waals surface area contributed by atoms with Crippen molar-refractivity contribution < 1.29 is 173 Å². The summed E-state index contributed by atoms with van der Waals surface area (Å²) < 4.78 is 106. The minimum atomic E-state index is -1.31. The second-order valence-corrected chi connectivity index (χ2v) is 22.0. The van der Waals surface area contributed by atoms with E-state index < -0.39 is 61.9 Å². The first-order valence-electron chi connectivity index (χ1n) is 35.0. The van der Waals surface area contributed by atoms with E-state index in [9.17, 15) is 38.4 Å². The number of rotatable bonds is 78. The largest absolute Gasteiger partial charge is 0.451 e. The van der Waals surface area contributed by atoms with Gasteiger partial charge in [0.25, 0.3) is 0 Å². The van der Waals surface area contributed by atoms with Gasteiger partial charge in [0.2, 0.25) is 0 Å². The first kappa shape index (κ1) is 187. The van der Waals surface area contributed by atoms with Crippen LogP contribution in [0.1, 0.15) is 126 Å². The van der Waals surface area contributed by atoms with Crippen molar-refractivity contribution in [1.82, 2.24) is 19.6 Å².